The molecular formula is C13H19ClFNO2S. The van der Waals surface area contributed by atoms with Crippen LogP contribution in [0.4, 0.5) is 4.39 Å². The Kier molecular flexibility index (Phi) is 5.77. The Labute approximate surface area is 119 Å². The third-order valence-corrected chi connectivity index (χ3v) is 4.83. The van der Waals surface area contributed by atoms with E-state index in [0.29, 0.717) is 17.9 Å². The number of hydrogen-bond donors (Lipinski definition) is 1. The maximum absolute atomic E-state index is 13.0. The third kappa shape index (κ3) is 4.44. The molecule has 0 saturated carbocycles. The normalized spacial score (nSPS) is 13.8. The van der Waals surface area contributed by atoms with E-state index in [1.165, 1.54) is 12.1 Å². The van der Waals surface area contributed by atoms with Crippen molar-refractivity contribution in [3.63, 3.8) is 0 Å². The lowest BCUT2D eigenvalue weighted by Gasteiger charge is -2.21. The van der Waals surface area contributed by atoms with E-state index >= 15 is 0 Å². The van der Waals surface area contributed by atoms with Crippen LogP contribution in [0.15, 0.2) is 23.1 Å². The van der Waals surface area contributed by atoms with Crippen LogP contribution in [0.5, 0.6) is 0 Å². The first-order chi connectivity index (χ1) is 8.77. The van der Waals surface area contributed by atoms with Crippen molar-refractivity contribution in [2.75, 3.05) is 5.88 Å². The Morgan fingerprint density at radius 3 is 2.47 bits per heavy atom. The Morgan fingerprint density at radius 2 is 2.00 bits per heavy atom. The van der Waals surface area contributed by atoms with Gasteiger partial charge in [0.15, 0.2) is 0 Å². The zero-order chi connectivity index (χ0) is 14.6. The molecule has 0 aliphatic heterocycles. The van der Waals surface area contributed by atoms with Gasteiger partial charge in [0, 0.05) is 11.9 Å². The fraction of sp³-hybridized carbons (Fsp3) is 0.538. The minimum Gasteiger partial charge on any atom is -0.208 e. The summed E-state index contributed by atoms with van der Waals surface area (Å²) in [5.41, 5.74) is 0.390. The van der Waals surface area contributed by atoms with Gasteiger partial charge in [0.25, 0.3) is 0 Å². The number of aryl methyl sites for hydroxylation is 1. The summed E-state index contributed by atoms with van der Waals surface area (Å²) in [6.07, 6.45) is 0.554. The average molecular weight is 308 g/mol. The van der Waals surface area contributed by atoms with Crippen molar-refractivity contribution >= 4 is 21.6 Å². The lowest BCUT2D eigenvalue weighted by atomic mass is 10.0. The molecule has 0 amide bonds. The van der Waals surface area contributed by atoms with Gasteiger partial charge in [-0.05, 0) is 43.0 Å². The standard InChI is InChI=1S/C13H19ClFNO2S/c1-9(2)12(6-7-14)16-19(17,18)13-5-4-11(15)8-10(13)3/h4-5,8-9,12,16H,6-7H2,1-3H3. The minimum atomic E-state index is -3.65. The van der Waals surface area contributed by atoms with E-state index in [9.17, 15) is 12.8 Å². The van der Waals surface area contributed by atoms with Crippen LogP contribution in [-0.2, 0) is 10.0 Å². The van der Waals surface area contributed by atoms with Crippen LogP contribution in [0.1, 0.15) is 25.8 Å². The lowest BCUT2D eigenvalue weighted by Crippen LogP contribution is -2.39. The van der Waals surface area contributed by atoms with Crippen LogP contribution in [0.3, 0.4) is 0 Å². The maximum Gasteiger partial charge on any atom is 0.241 e. The molecule has 0 bridgehead atoms. The van der Waals surface area contributed by atoms with Crippen molar-refractivity contribution < 1.29 is 12.8 Å². The summed E-state index contributed by atoms with van der Waals surface area (Å²) in [5.74, 6) is 0.0696. The number of hydrogen-bond acceptors (Lipinski definition) is 2. The van der Waals surface area contributed by atoms with Gasteiger partial charge in [0.1, 0.15) is 5.82 Å². The zero-order valence-electron chi connectivity index (χ0n) is 11.3. The summed E-state index contributed by atoms with van der Waals surface area (Å²) in [6.45, 7) is 5.43. The monoisotopic (exact) mass is 307 g/mol. The first kappa shape index (κ1) is 16.4. The molecule has 1 rings (SSSR count). The van der Waals surface area contributed by atoms with E-state index in [1.54, 1.807) is 6.92 Å². The second-order valence-electron chi connectivity index (χ2n) is 4.86. The molecule has 1 aromatic carbocycles. The molecule has 0 fully saturated rings. The van der Waals surface area contributed by atoms with Gasteiger partial charge in [-0.15, -0.1) is 11.6 Å². The quantitative estimate of drug-likeness (QED) is 0.821. The molecule has 1 atom stereocenters. The molecule has 0 radical (unpaired) electrons. The number of sulfonamides is 1. The van der Waals surface area contributed by atoms with Crippen LogP contribution in [0.2, 0.25) is 0 Å². The van der Waals surface area contributed by atoms with Crippen LogP contribution in [0.25, 0.3) is 0 Å². The Balaban J connectivity index is 3.03. The average Bonchev–Trinajstić information content (AvgIpc) is 2.27. The second kappa shape index (κ2) is 6.68. The molecule has 0 spiro atoms. The van der Waals surface area contributed by atoms with Crippen LogP contribution in [-0.4, -0.2) is 20.3 Å². The van der Waals surface area contributed by atoms with E-state index in [1.807, 2.05) is 13.8 Å². The highest BCUT2D eigenvalue weighted by Gasteiger charge is 2.23. The molecule has 3 nitrogen and oxygen atoms in total. The summed E-state index contributed by atoms with van der Waals surface area (Å²) in [5, 5.41) is 0. The molecule has 19 heavy (non-hydrogen) atoms. The van der Waals surface area contributed by atoms with E-state index < -0.39 is 15.8 Å². The van der Waals surface area contributed by atoms with Crippen molar-refractivity contribution in [1.82, 2.24) is 4.72 Å². The first-order valence-electron chi connectivity index (χ1n) is 6.12. The largest absolute Gasteiger partial charge is 0.241 e. The Bertz CT molecular complexity index is 531. The predicted molar refractivity (Wildman–Crippen MR) is 75.4 cm³/mol. The SMILES string of the molecule is Cc1cc(F)ccc1S(=O)(=O)NC(CCCl)C(C)C. The summed E-state index contributed by atoms with van der Waals surface area (Å²) >= 11 is 5.68. The van der Waals surface area contributed by atoms with Gasteiger partial charge < -0.3 is 0 Å². The van der Waals surface area contributed by atoms with Crippen molar-refractivity contribution in [1.29, 1.82) is 0 Å². The van der Waals surface area contributed by atoms with Crippen molar-refractivity contribution in [3.8, 4) is 0 Å². The molecule has 6 heteroatoms. The molecule has 0 saturated heterocycles. The molecule has 0 aromatic heterocycles. The molecule has 0 aliphatic rings. The molecule has 0 heterocycles. The van der Waals surface area contributed by atoms with Gasteiger partial charge in [-0.25, -0.2) is 17.5 Å². The molecule has 108 valence electrons. The highest BCUT2D eigenvalue weighted by Crippen LogP contribution is 2.18. The van der Waals surface area contributed by atoms with Crippen molar-refractivity contribution in [3.05, 3.63) is 29.6 Å². The Hall–Kier alpha value is -0.650. The zero-order valence-corrected chi connectivity index (χ0v) is 12.9. The lowest BCUT2D eigenvalue weighted by molar-refractivity contribution is 0.438. The van der Waals surface area contributed by atoms with Crippen LogP contribution >= 0.6 is 11.6 Å². The number of benzene rings is 1. The van der Waals surface area contributed by atoms with E-state index in [4.69, 9.17) is 11.6 Å². The van der Waals surface area contributed by atoms with Crippen LogP contribution in [0, 0.1) is 18.7 Å². The molecule has 1 unspecified atom stereocenters. The minimum absolute atomic E-state index is 0.106. The fourth-order valence-electron chi connectivity index (χ4n) is 1.82. The summed E-state index contributed by atoms with van der Waals surface area (Å²) < 4.78 is 40.2. The van der Waals surface area contributed by atoms with Gasteiger partial charge in [-0.1, -0.05) is 13.8 Å². The van der Waals surface area contributed by atoms with Gasteiger partial charge in [-0.3, -0.25) is 0 Å². The van der Waals surface area contributed by atoms with Gasteiger partial charge in [0.05, 0.1) is 4.90 Å². The highest BCUT2D eigenvalue weighted by atomic mass is 35.5. The van der Waals surface area contributed by atoms with Gasteiger partial charge in [-0.2, -0.15) is 0 Å². The van der Waals surface area contributed by atoms with Gasteiger partial charge >= 0.3 is 0 Å². The van der Waals surface area contributed by atoms with Crippen LogP contribution < -0.4 is 4.72 Å². The number of rotatable bonds is 6. The molecule has 1 aromatic rings. The van der Waals surface area contributed by atoms with E-state index in [2.05, 4.69) is 4.72 Å². The topological polar surface area (TPSA) is 46.2 Å². The van der Waals surface area contributed by atoms with Gasteiger partial charge in [0.2, 0.25) is 10.0 Å². The van der Waals surface area contributed by atoms with E-state index in [-0.39, 0.29) is 16.9 Å². The molecule has 0 aliphatic carbocycles. The van der Waals surface area contributed by atoms with Crippen molar-refractivity contribution in [2.24, 2.45) is 5.92 Å². The summed E-state index contributed by atoms with van der Waals surface area (Å²) in [7, 11) is -3.65. The number of alkyl halides is 1. The Morgan fingerprint density at radius 1 is 1.37 bits per heavy atom. The molecular weight excluding hydrogens is 289 g/mol. The highest BCUT2D eigenvalue weighted by molar-refractivity contribution is 7.89. The van der Waals surface area contributed by atoms with Crippen molar-refractivity contribution in [2.45, 2.75) is 38.1 Å². The fourth-order valence-corrected chi connectivity index (χ4v) is 3.70. The van der Waals surface area contributed by atoms with E-state index in [0.717, 1.165) is 6.07 Å². The third-order valence-electron chi connectivity index (χ3n) is 2.96. The first-order valence-corrected chi connectivity index (χ1v) is 8.14. The number of halogens is 2. The molecule has 1 N–H and O–H groups in total. The summed E-state index contributed by atoms with van der Waals surface area (Å²) in [6, 6.07) is 3.41. The number of nitrogens with one attached hydrogen (secondary N) is 1. The smallest absolute Gasteiger partial charge is 0.208 e. The predicted octanol–water partition coefficient (Wildman–Crippen LogP) is 3.07. The maximum atomic E-state index is 13.0. The second-order valence-corrected chi connectivity index (χ2v) is 6.92. The summed E-state index contributed by atoms with van der Waals surface area (Å²) in [4.78, 5) is 0.106.